The van der Waals surface area contributed by atoms with Crippen molar-refractivity contribution < 1.29 is 19.1 Å². The minimum Gasteiger partial charge on any atom is -0.496 e. The van der Waals surface area contributed by atoms with Gasteiger partial charge in [0.05, 0.1) is 20.6 Å². The van der Waals surface area contributed by atoms with Crippen molar-refractivity contribution in [3.05, 3.63) is 28.8 Å². The third-order valence-electron chi connectivity index (χ3n) is 3.28. The van der Waals surface area contributed by atoms with Crippen molar-refractivity contribution >= 4 is 11.9 Å². The smallest absolute Gasteiger partial charge is 0.330 e. The Morgan fingerprint density at radius 2 is 1.81 bits per heavy atom. The molecule has 116 valence electrons. The summed E-state index contributed by atoms with van der Waals surface area (Å²) in [5, 5.41) is 2.68. The van der Waals surface area contributed by atoms with Crippen LogP contribution in [-0.4, -0.2) is 31.6 Å². The Labute approximate surface area is 125 Å². The van der Waals surface area contributed by atoms with Gasteiger partial charge in [0.25, 0.3) is 0 Å². The Morgan fingerprint density at radius 1 is 1.19 bits per heavy atom. The van der Waals surface area contributed by atoms with Crippen LogP contribution in [-0.2, 0) is 20.7 Å². The largest absolute Gasteiger partial charge is 0.496 e. The monoisotopic (exact) mass is 293 g/mol. The second-order valence-electron chi connectivity index (χ2n) is 5.60. The minimum atomic E-state index is -1.06. The summed E-state index contributed by atoms with van der Waals surface area (Å²) in [5.74, 6) is -0.0578. The van der Waals surface area contributed by atoms with Crippen LogP contribution in [0.3, 0.4) is 0 Å². The third-order valence-corrected chi connectivity index (χ3v) is 3.28. The van der Waals surface area contributed by atoms with Gasteiger partial charge in [-0.15, -0.1) is 0 Å². The molecule has 0 aliphatic heterocycles. The standard InChI is InChI=1S/C16H23NO4/c1-10-7-11(2)12(13(8-10)20-5)9-14(18)17-16(3,4)15(19)21-6/h7-8H,9H2,1-6H3,(H,17,18). The van der Waals surface area contributed by atoms with Gasteiger partial charge in [-0.1, -0.05) is 6.07 Å². The van der Waals surface area contributed by atoms with E-state index < -0.39 is 11.5 Å². The Balaban J connectivity index is 2.92. The first-order valence-electron chi connectivity index (χ1n) is 6.74. The van der Waals surface area contributed by atoms with Crippen molar-refractivity contribution in [1.82, 2.24) is 5.32 Å². The van der Waals surface area contributed by atoms with Crippen LogP contribution >= 0.6 is 0 Å². The van der Waals surface area contributed by atoms with Crippen LogP contribution < -0.4 is 10.1 Å². The highest BCUT2D eigenvalue weighted by atomic mass is 16.5. The van der Waals surface area contributed by atoms with Crippen LogP contribution in [0.1, 0.15) is 30.5 Å². The van der Waals surface area contributed by atoms with Crippen molar-refractivity contribution in [1.29, 1.82) is 0 Å². The van der Waals surface area contributed by atoms with Crippen molar-refractivity contribution in [2.75, 3.05) is 14.2 Å². The zero-order valence-electron chi connectivity index (χ0n) is 13.5. The summed E-state index contributed by atoms with van der Waals surface area (Å²) in [4.78, 5) is 23.8. The fourth-order valence-electron chi connectivity index (χ4n) is 2.23. The molecule has 1 aromatic rings. The maximum Gasteiger partial charge on any atom is 0.330 e. The molecule has 0 unspecified atom stereocenters. The van der Waals surface area contributed by atoms with E-state index in [0.29, 0.717) is 5.75 Å². The number of ether oxygens (including phenoxy) is 2. The van der Waals surface area contributed by atoms with E-state index in [2.05, 4.69) is 10.1 Å². The van der Waals surface area contributed by atoms with Gasteiger partial charge < -0.3 is 14.8 Å². The van der Waals surface area contributed by atoms with Gasteiger partial charge in [0, 0.05) is 5.56 Å². The summed E-state index contributed by atoms with van der Waals surface area (Å²) >= 11 is 0. The Morgan fingerprint density at radius 3 is 2.33 bits per heavy atom. The average Bonchev–Trinajstić information content (AvgIpc) is 2.39. The highest BCUT2D eigenvalue weighted by Gasteiger charge is 2.30. The van der Waals surface area contributed by atoms with Crippen molar-refractivity contribution in [2.24, 2.45) is 0 Å². The number of carbonyl (C=O) groups is 2. The van der Waals surface area contributed by atoms with E-state index in [9.17, 15) is 9.59 Å². The number of nitrogens with one attached hydrogen (secondary N) is 1. The van der Waals surface area contributed by atoms with Gasteiger partial charge in [0.1, 0.15) is 11.3 Å². The fraction of sp³-hybridized carbons (Fsp3) is 0.500. The molecule has 0 heterocycles. The molecular formula is C16H23NO4. The number of carbonyl (C=O) groups excluding carboxylic acids is 2. The predicted octanol–water partition coefficient (Wildman–Crippen LogP) is 1.92. The summed E-state index contributed by atoms with van der Waals surface area (Å²) in [6.45, 7) is 7.12. The molecule has 1 rings (SSSR count). The van der Waals surface area contributed by atoms with E-state index in [1.165, 1.54) is 7.11 Å². The molecular weight excluding hydrogens is 270 g/mol. The van der Waals surface area contributed by atoms with Gasteiger partial charge in [-0.3, -0.25) is 4.79 Å². The molecule has 1 amide bonds. The zero-order chi connectivity index (χ0) is 16.2. The van der Waals surface area contributed by atoms with Crippen molar-refractivity contribution in [3.8, 4) is 5.75 Å². The van der Waals surface area contributed by atoms with Crippen LogP contribution in [0.2, 0.25) is 0 Å². The van der Waals surface area contributed by atoms with E-state index in [0.717, 1.165) is 16.7 Å². The molecule has 21 heavy (non-hydrogen) atoms. The first kappa shape index (κ1) is 17.0. The van der Waals surface area contributed by atoms with Gasteiger partial charge in [-0.25, -0.2) is 4.79 Å². The number of amides is 1. The normalized spacial score (nSPS) is 11.0. The molecule has 1 aromatic carbocycles. The summed E-state index contributed by atoms with van der Waals surface area (Å²) in [5.41, 5.74) is 1.82. The van der Waals surface area contributed by atoms with E-state index in [1.807, 2.05) is 26.0 Å². The van der Waals surface area contributed by atoms with Crippen LogP contribution in [0, 0.1) is 13.8 Å². The van der Waals surface area contributed by atoms with E-state index in [1.54, 1.807) is 21.0 Å². The molecule has 1 N–H and O–H groups in total. The summed E-state index contributed by atoms with van der Waals surface area (Å²) < 4.78 is 10.0. The number of esters is 1. The summed E-state index contributed by atoms with van der Waals surface area (Å²) in [6.07, 6.45) is 0.149. The number of benzene rings is 1. The maximum atomic E-state index is 12.2. The summed E-state index contributed by atoms with van der Waals surface area (Å²) in [6, 6.07) is 3.89. The maximum absolute atomic E-state index is 12.2. The average molecular weight is 293 g/mol. The van der Waals surface area contributed by atoms with Crippen LogP contribution in [0.25, 0.3) is 0 Å². The number of methoxy groups -OCH3 is 2. The van der Waals surface area contributed by atoms with Gasteiger partial charge in [-0.2, -0.15) is 0 Å². The SMILES string of the molecule is COC(=O)C(C)(C)NC(=O)Cc1c(C)cc(C)cc1OC. The molecule has 0 fully saturated rings. The number of aryl methyl sites for hydroxylation is 2. The van der Waals surface area contributed by atoms with E-state index >= 15 is 0 Å². The lowest BCUT2D eigenvalue weighted by Gasteiger charge is -2.23. The van der Waals surface area contributed by atoms with E-state index in [4.69, 9.17) is 4.74 Å². The van der Waals surface area contributed by atoms with Crippen LogP contribution in [0.4, 0.5) is 0 Å². The highest BCUT2D eigenvalue weighted by molar-refractivity contribution is 5.88. The zero-order valence-corrected chi connectivity index (χ0v) is 13.5. The minimum absolute atomic E-state index is 0.149. The lowest BCUT2D eigenvalue weighted by atomic mass is 10.00. The van der Waals surface area contributed by atoms with Gasteiger partial charge in [-0.05, 0) is 44.9 Å². The second kappa shape index (κ2) is 6.61. The first-order valence-corrected chi connectivity index (χ1v) is 6.74. The van der Waals surface area contributed by atoms with Gasteiger partial charge in [0.15, 0.2) is 0 Å². The summed E-state index contributed by atoms with van der Waals surface area (Å²) in [7, 11) is 2.87. The molecule has 0 aliphatic carbocycles. The number of hydrogen-bond donors (Lipinski definition) is 1. The van der Waals surface area contributed by atoms with Crippen LogP contribution in [0.5, 0.6) is 5.75 Å². The molecule has 0 radical (unpaired) electrons. The number of rotatable bonds is 5. The van der Waals surface area contributed by atoms with Gasteiger partial charge >= 0.3 is 5.97 Å². The Bertz CT molecular complexity index is 549. The van der Waals surface area contributed by atoms with Crippen molar-refractivity contribution in [3.63, 3.8) is 0 Å². The lowest BCUT2D eigenvalue weighted by molar-refractivity contribution is -0.149. The quantitative estimate of drug-likeness (QED) is 0.842. The molecule has 5 heteroatoms. The molecule has 0 saturated carbocycles. The first-order chi connectivity index (χ1) is 9.71. The lowest BCUT2D eigenvalue weighted by Crippen LogP contribution is -2.50. The molecule has 0 aliphatic rings. The second-order valence-corrected chi connectivity index (χ2v) is 5.60. The van der Waals surface area contributed by atoms with Gasteiger partial charge in [0.2, 0.25) is 5.91 Å². The molecule has 0 saturated heterocycles. The number of hydrogen-bond acceptors (Lipinski definition) is 4. The molecule has 5 nitrogen and oxygen atoms in total. The highest BCUT2D eigenvalue weighted by Crippen LogP contribution is 2.24. The Hall–Kier alpha value is -2.04. The molecule has 0 spiro atoms. The fourth-order valence-corrected chi connectivity index (χ4v) is 2.23. The van der Waals surface area contributed by atoms with Crippen molar-refractivity contribution in [2.45, 2.75) is 39.7 Å². The topological polar surface area (TPSA) is 64.6 Å². The predicted molar refractivity (Wildman–Crippen MR) is 80.4 cm³/mol. The van der Waals surface area contributed by atoms with Crippen LogP contribution in [0.15, 0.2) is 12.1 Å². The molecule has 0 bridgehead atoms. The molecule has 0 atom stereocenters. The Kier molecular flexibility index (Phi) is 5.35. The third kappa shape index (κ3) is 4.21. The molecule has 0 aromatic heterocycles. The van der Waals surface area contributed by atoms with E-state index in [-0.39, 0.29) is 12.3 Å².